The van der Waals surface area contributed by atoms with Crippen molar-refractivity contribution in [1.29, 1.82) is 0 Å². The number of nitrogens with two attached hydrogens (primary N) is 1. The maximum Gasteiger partial charge on any atom is 0.221 e. The summed E-state index contributed by atoms with van der Waals surface area (Å²) in [5.74, 6) is 0.431. The van der Waals surface area contributed by atoms with Gasteiger partial charge in [0.25, 0.3) is 0 Å². The molecule has 1 saturated carbocycles. The lowest BCUT2D eigenvalue weighted by Crippen LogP contribution is -2.14. The van der Waals surface area contributed by atoms with Crippen molar-refractivity contribution in [2.45, 2.75) is 12.8 Å². The number of rotatable bonds is 2. The average molecular weight is 165 g/mol. The third kappa shape index (κ3) is 0.913. The second-order valence-electron chi connectivity index (χ2n) is 3.32. The van der Waals surface area contributed by atoms with Gasteiger partial charge in [0.2, 0.25) is 5.91 Å². The fraction of sp³-hybridized carbons (Fsp3) is 0.500. The number of primary amides is 1. The Morgan fingerprint density at radius 1 is 1.75 bits per heavy atom. The first-order valence-electron chi connectivity index (χ1n) is 3.99. The van der Waals surface area contributed by atoms with E-state index in [1.807, 2.05) is 6.92 Å². The zero-order chi connectivity index (χ0) is 8.72. The number of imidazole rings is 1. The van der Waals surface area contributed by atoms with Gasteiger partial charge in [-0.3, -0.25) is 4.79 Å². The number of hydrogen-bond donors (Lipinski definition) is 2. The first-order valence-corrected chi connectivity index (χ1v) is 3.99. The molecule has 3 atom stereocenters. The summed E-state index contributed by atoms with van der Waals surface area (Å²) in [6, 6.07) is 0. The maximum absolute atomic E-state index is 10.9. The molecular weight excluding hydrogens is 154 g/mol. The van der Waals surface area contributed by atoms with Crippen LogP contribution in [0.3, 0.4) is 0 Å². The third-order valence-corrected chi connectivity index (χ3v) is 2.59. The lowest BCUT2D eigenvalue weighted by Gasteiger charge is -1.90. The average Bonchev–Trinajstić information content (AvgIpc) is 2.50. The fourth-order valence-electron chi connectivity index (χ4n) is 1.82. The highest BCUT2D eigenvalue weighted by atomic mass is 16.1. The Hall–Kier alpha value is -1.32. The van der Waals surface area contributed by atoms with Crippen molar-refractivity contribution in [1.82, 2.24) is 9.97 Å². The van der Waals surface area contributed by atoms with E-state index in [-0.39, 0.29) is 17.7 Å². The van der Waals surface area contributed by atoms with Gasteiger partial charge in [0.15, 0.2) is 0 Å². The normalized spacial score (nSPS) is 33.2. The molecule has 1 aliphatic rings. The molecule has 1 heterocycles. The summed E-state index contributed by atoms with van der Waals surface area (Å²) in [6.07, 6.45) is 3.38. The zero-order valence-corrected chi connectivity index (χ0v) is 6.82. The number of amides is 1. The van der Waals surface area contributed by atoms with Crippen molar-refractivity contribution < 1.29 is 4.79 Å². The quantitative estimate of drug-likeness (QED) is 0.659. The van der Waals surface area contributed by atoms with Crippen LogP contribution in [0.2, 0.25) is 0 Å². The van der Waals surface area contributed by atoms with E-state index in [1.165, 1.54) is 0 Å². The highest BCUT2D eigenvalue weighted by Gasteiger charge is 2.52. The summed E-state index contributed by atoms with van der Waals surface area (Å²) >= 11 is 0. The van der Waals surface area contributed by atoms with Gasteiger partial charge in [-0.05, 0) is 5.92 Å². The predicted molar refractivity (Wildman–Crippen MR) is 43.2 cm³/mol. The molecule has 64 valence electrons. The van der Waals surface area contributed by atoms with Crippen LogP contribution in [-0.2, 0) is 4.79 Å². The monoisotopic (exact) mass is 165 g/mol. The molecule has 0 saturated heterocycles. The Kier molecular flexibility index (Phi) is 1.43. The predicted octanol–water partition coefficient (Wildman–Crippen LogP) is 0.244. The van der Waals surface area contributed by atoms with Crippen LogP contribution in [0, 0.1) is 11.8 Å². The van der Waals surface area contributed by atoms with E-state index in [2.05, 4.69) is 9.97 Å². The molecule has 0 radical (unpaired) electrons. The number of H-pyrrole nitrogens is 1. The molecule has 0 aromatic carbocycles. The number of aromatic nitrogens is 2. The molecule has 2 rings (SSSR count). The Morgan fingerprint density at radius 2 is 2.50 bits per heavy atom. The van der Waals surface area contributed by atoms with Gasteiger partial charge in [0.05, 0.1) is 6.33 Å². The van der Waals surface area contributed by atoms with Crippen molar-refractivity contribution in [3.05, 3.63) is 18.2 Å². The lowest BCUT2D eigenvalue weighted by atomic mass is 10.2. The Balaban J connectivity index is 2.15. The maximum atomic E-state index is 10.9. The van der Waals surface area contributed by atoms with Crippen LogP contribution in [0.1, 0.15) is 18.5 Å². The Labute approximate surface area is 70.2 Å². The van der Waals surface area contributed by atoms with Gasteiger partial charge in [-0.15, -0.1) is 0 Å². The molecule has 4 nitrogen and oxygen atoms in total. The van der Waals surface area contributed by atoms with Crippen molar-refractivity contribution >= 4 is 5.91 Å². The molecule has 1 aromatic heterocycles. The Morgan fingerprint density at radius 3 is 2.92 bits per heavy atom. The molecule has 12 heavy (non-hydrogen) atoms. The molecule has 0 aliphatic heterocycles. The first kappa shape index (κ1) is 7.34. The van der Waals surface area contributed by atoms with Gasteiger partial charge in [-0.2, -0.15) is 0 Å². The van der Waals surface area contributed by atoms with Crippen molar-refractivity contribution in [2.75, 3.05) is 0 Å². The van der Waals surface area contributed by atoms with Crippen molar-refractivity contribution in [3.63, 3.8) is 0 Å². The second kappa shape index (κ2) is 2.33. The van der Waals surface area contributed by atoms with Gasteiger partial charge in [0, 0.05) is 23.7 Å². The van der Waals surface area contributed by atoms with E-state index in [1.54, 1.807) is 12.5 Å². The molecular formula is C8H11N3O. The van der Waals surface area contributed by atoms with E-state index in [4.69, 9.17) is 5.73 Å². The minimum absolute atomic E-state index is 0.00505. The van der Waals surface area contributed by atoms with Crippen LogP contribution >= 0.6 is 0 Å². The highest BCUT2D eigenvalue weighted by molar-refractivity contribution is 5.81. The van der Waals surface area contributed by atoms with E-state index < -0.39 is 0 Å². The standard InChI is InChI=1S/C8H11N3O/c1-4-6(7(4)8(9)12)5-2-10-3-11-5/h2-4,6-7H,1H3,(H2,9,12)(H,10,11). The van der Waals surface area contributed by atoms with Gasteiger partial charge in [0.1, 0.15) is 0 Å². The SMILES string of the molecule is CC1C(C(N)=O)C1c1cnc[nH]1. The Bertz CT molecular complexity index is 293. The molecule has 0 bridgehead atoms. The van der Waals surface area contributed by atoms with Gasteiger partial charge >= 0.3 is 0 Å². The fourth-order valence-corrected chi connectivity index (χ4v) is 1.82. The van der Waals surface area contributed by atoms with E-state index in [9.17, 15) is 4.79 Å². The molecule has 1 aliphatic carbocycles. The summed E-state index contributed by atoms with van der Waals surface area (Å²) in [5.41, 5.74) is 6.23. The van der Waals surface area contributed by atoms with E-state index in [0.29, 0.717) is 5.92 Å². The van der Waals surface area contributed by atoms with Crippen molar-refractivity contribution in [3.8, 4) is 0 Å². The number of nitrogens with zero attached hydrogens (tertiary/aromatic N) is 1. The summed E-state index contributed by atoms with van der Waals surface area (Å²) in [7, 11) is 0. The topological polar surface area (TPSA) is 71.8 Å². The van der Waals surface area contributed by atoms with Crippen LogP contribution < -0.4 is 5.73 Å². The van der Waals surface area contributed by atoms with Crippen LogP contribution in [-0.4, -0.2) is 15.9 Å². The van der Waals surface area contributed by atoms with Crippen LogP contribution in [0.15, 0.2) is 12.5 Å². The minimum atomic E-state index is -0.206. The van der Waals surface area contributed by atoms with E-state index in [0.717, 1.165) is 5.69 Å². The molecule has 3 N–H and O–H groups in total. The number of nitrogens with one attached hydrogen (secondary N) is 1. The van der Waals surface area contributed by atoms with Crippen LogP contribution in [0.25, 0.3) is 0 Å². The smallest absolute Gasteiger partial charge is 0.221 e. The molecule has 1 fully saturated rings. The number of hydrogen-bond acceptors (Lipinski definition) is 2. The van der Waals surface area contributed by atoms with Gasteiger partial charge < -0.3 is 10.7 Å². The third-order valence-electron chi connectivity index (χ3n) is 2.59. The summed E-state index contributed by atoms with van der Waals surface area (Å²) < 4.78 is 0. The second-order valence-corrected chi connectivity index (χ2v) is 3.32. The number of carbonyl (C=O) groups excluding carboxylic acids is 1. The number of carbonyl (C=O) groups is 1. The summed E-state index contributed by atoms with van der Waals surface area (Å²) in [6.45, 7) is 2.03. The first-order chi connectivity index (χ1) is 5.72. The van der Waals surface area contributed by atoms with E-state index >= 15 is 0 Å². The highest BCUT2D eigenvalue weighted by Crippen LogP contribution is 2.52. The molecule has 1 amide bonds. The minimum Gasteiger partial charge on any atom is -0.369 e. The van der Waals surface area contributed by atoms with Crippen LogP contribution in [0.5, 0.6) is 0 Å². The summed E-state index contributed by atoms with van der Waals surface area (Å²) in [4.78, 5) is 17.8. The van der Waals surface area contributed by atoms with Crippen molar-refractivity contribution in [2.24, 2.45) is 17.6 Å². The lowest BCUT2D eigenvalue weighted by molar-refractivity contribution is -0.119. The number of aromatic amines is 1. The van der Waals surface area contributed by atoms with Gasteiger partial charge in [-0.25, -0.2) is 4.98 Å². The molecule has 1 aromatic rings. The zero-order valence-electron chi connectivity index (χ0n) is 6.82. The largest absolute Gasteiger partial charge is 0.369 e. The molecule has 4 heteroatoms. The molecule has 0 spiro atoms. The van der Waals surface area contributed by atoms with Gasteiger partial charge in [-0.1, -0.05) is 6.92 Å². The van der Waals surface area contributed by atoms with Crippen LogP contribution in [0.4, 0.5) is 0 Å². The summed E-state index contributed by atoms with van der Waals surface area (Å²) in [5, 5.41) is 0. The molecule has 3 unspecified atom stereocenters.